The van der Waals surface area contributed by atoms with Gasteiger partial charge in [-0.3, -0.25) is 9.69 Å². The molecule has 110 valence electrons. The molecule has 3 heteroatoms. The summed E-state index contributed by atoms with van der Waals surface area (Å²) >= 11 is 0. The molecular weight excluding hydrogens is 260 g/mol. The summed E-state index contributed by atoms with van der Waals surface area (Å²) < 4.78 is 0. The molecule has 0 fully saturated rings. The molecule has 0 bridgehead atoms. The minimum atomic E-state index is 0.0146. The Labute approximate surface area is 126 Å². The fraction of sp³-hybridized carbons (Fsp3) is 0.333. The Kier molecular flexibility index (Phi) is 5.50. The van der Waals surface area contributed by atoms with Crippen LogP contribution < -0.4 is 4.90 Å². The summed E-state index contributed by atoms with van der Waals surface area (Å²) in [5, 5.41) is 0. The van der Waals surface area contributed by atoms with E-state index in [9.17, 15) is 4.79 Å². The predicted octanol–water partition coefficient (Wildman–Crippen LogP) is 4.05. The standard InChI is InChI=1S/C18H22N2O/c1-3-9-15(2)18(21)20(17-12-7-8-13-19-17)14-16-10-5-4-6-11-16/h4-8,10-13,15H,3,9,14H2,1-2H3/t15-/m0/s1. The molecule has 1 aromatic carbocycles. The quantitative estimate of drug-likeness (QED) is 0.800. The van der Waals surface area contributed by atoms with Gasteiger partial charge >= 0.3 is 0 Å². The number of rotatable bonds is 6. The third-order valence-corrected chi connectivity index (χ3v) is 3.52. The van der Waals surface area contributed by atoms with E-state index >= 15 is 0 Å². The van der Waals surface area contributed by atoms with Gasteiger partial charge in [0.25, 0.3) is 0 Å². The molecule has 0 N–H and O–H groups in total. The van der Waals surface area contributed by atoms with Crippen LogP contribution in [0.15, 0.2) is 54.7 Å². The molecular formula is C18H22N2O. The summed E-state index contributed by atoms with van der Waals surface area (Å²) in [6.45, 7) is 4.66. The van der Waals surface area contributed by atoms with Crippen molar-refractivity contribution >= 4 is 11.7 Å². The van der Waals surface area contributed by atoms with Gasteiger partial charge in [0.05, 0.1) is 6.54 Å². The summed E-state index contributed by atoms with van der Waals surface area (Å²) in [7, 11) is 0. The molecule has 2 aromatic rings. The fourth-order valence-electron chi connectivity index (χ4n) is 2.37. The maximum absolute atomic E-state index is 12.7. The first-order valence-corrected chi connectivity index (χ1v) is 7.48. The van der Waals surface area contributed by atoms with Crippen molar-refractivity contribution in [1.82, 2.24) is 4.98 Å². The van der Waals surface area contributed by atoms with Gasteiger partial charge in [0.15, 0.2) is 0 Å². The van der Waals surface area contributed by atoms with E-state index in [1.807, 2.05) is 55.5 Å². The molecule has 1 atom stereocenters. The molecule has 0 aliphatic rings. The molecule has 0 aliphatic carbocycles. The van der Waals surface area contributed by atoms with Crippen LogP contribution >= 0.6 is 0 Å². The summed E-state index contributed by atoms with van der Waals surface area (Å²) in [5.41, 5.74) is 1.11. The molecule has 0 unspecified atom stereocenters. The second-order valence-corrected chi connectivity index (χ2v) is 5.29. The Bertz CT molecular complexity index is 554. The predicted molar refractivity (Wildman–Crippen MR) is 85.9 cm³/mol. The number of hydrogen-bond acceptors (Lipinski definition) is 2. The lowest BCUT2D eigenvalue weighted by Gasteiger charge is -2.25. The summed E-state index contributed by atoms with van der Waals surface area (Å²) in [6.07, 6.45) is 3.64. The van der Waals surface area contributed by atoms with E-state index in [0.717, 1.165) is 18.4 Å². The smallest absolute Gasteiger partial charge is 0.231 e. The molecule has 0 spiro atoms. The van der Waals surface area contributed by atoms with E-state index in [4.69, 9.17) is 0 Å². The van der Waals surface area contributed by atoms with Crippen LogP contribution in [-0.4, -0.2) is 10.9 Å². The molecule has 21 heavy (non-hydrogen) atoms. The highest BCUT2D eigenvalue weighted by molar-refractivity contribution is 5.93. The Balaban J connectivity index is 2.24. The zero-order valence-corrected chi connectivity index (χ0v) is 12.7. The number of benzene rings is 1. The van der Waals surface area contributed by atoms with Crippen molar-refractivity contribution in [2.45, 2.75) is 33.2 Å². The molecule has 1 amide bonds. The van der Waals surface area contributed by atoms with Gasteiger partial charge in [0, 0.05) is 12.1 Å². The van der Waals surface area contributed by atoms with Crippen molar-refractivity contribution in [2.24, 2.45) is 5.92 Å². The lowest BCUT2D eigenvalue weighted by molar-refractivity contribution is -0.122. The molecule has 0 radical (unpaired) electrons. The van der Waals surface area contributed by atoms with Crippen molar-refractivity contribution in [3.05, 3.63) is 60.3 Å². The van der Waals surface area contributed by atoms with Crippen LogP contribution in [0.4, 0.5) is 5.82 Å². The number of nitrogens with zero attached hydrogens (tertiary/aromatic N) is 2. The molecule has 1 heterocycles. The average molecular weight is 282 g/mol. The van der Waals surface area contributed by atoms with Gasteiger partial charge in [0.1, 0.15) is 5.82 Å². The van der Waals surface area contributed by atoms with E-state index in [0.29, 0.717) is 12.4 Å². The number of anilines is 1. The zero-order valence-electron chi connectivity index (χ0n) is 12.7. The van der Waals surface area contributed by atoms with Crippen LogP contribution in [0.3, 0.4) is 0 Å². The number of pyridine rings is 1. The minimum Gasteiger partial charge on any atom is -0.292 e. The SMILES string of the molecule is CCC[C@H](C)C(=O)N(Cc1ccccc1)c1ccccn1. The number of carbonyl (C=O) groups excluding carboxylic acids is 1. The van der Waals surface area contributed by atoms with Crippen molar-refractivity contribution in [3.8, 4) is 0 Å². The summed E-state index contributed by atoms with van der Waals surface area (Å²) in [6, 6.07) is 15.7. The van der Waals surface area contributed by atoms with Crippen molar-refractivity contribution in [2.75, 3.05) is 4.90 Å². The molecule has 3 nitrogen and oxygen atoms in total. The highest BCUT2D eigenvalue weighted by Gasteiger charge is 2.22. The van der Waals surface area contributed by atoms with Gasteiger partial charge < -0.3 is 0 Å². The highest BCUT2D eigenvalue weighted by Crippen LogP contribution is 2.19. The Morgan fingerprint density at radius 2 is 1.86 bits per heavy atom. The number of amides is 1. The summed E-state index contributed by atoms with van der Waals surface area (Å²) in [4.78, 5) is 18.9. The van der Waals surface area contributed by atoms with E-state index in [2.05, 4.69) is 11.9 Å². The van der Waals surface area contributed by atoms with Gasteiger partial charge in [-0.1, -0.05) is 56.7 Å². The van der Waals surface area contributed by atoms with Crippen LogP contribution in [0, 0.1) is 5.92 Å². The monoisotopic (exact) mass is 282 g/mol. The number of aromatic nitrogens is 1. The van der Waals surface area contributed by atoms with Crippen molar-refractivity contribution < 1.29 is 4.79 Å². The molecule has 1 aromatic heterocycles. The van der Waals surface area contributed by atoms with Crippen LogP contribution in [0.2, 0.25) is 0 Å². The van der Waals surface area contributed by atoms with Crippen molar-refractivity contribution in [1.29, 1.82) is 0 Å². The van der Waals surface area contributed by atoms with Crippen LogP contribution in [-0.2, 0) is 11.3 Å². The van der Waals surface area contributed by atoms with E-state index < -0.39 is 0 Å². The molecule has 2 rings (SSSR count). The largest absolute Gasteiger partial charge is 0.292 e. The third kappa shape index (κ3) is 4.15. The van der Waals surface area contributed by atoms with Crippen LogP contribution in [0.25, 0.3) is 0 Å². The first-order valence-electron chi connectivity index (χ1n) is 7.48. The van der Waals surface area contributed by atoms with E-state index in [-0.39, 0.29) is 11.8 Å². The maximum Gasteiger partial charge on any atom is 0.231 e. The molecule has 0 aliphatic heterocycles. The fourth-order valence-corrected chi connectivity index (χ4v) is 2.37. The number of carbonyl (C=O) groups is 1. The van der Waals surface area contributed by atoms with E-state index in [1.165, 1.54) is 0 Å². The minimum absolute atomic E-state index is 0.0146. The maximum atomic E-state index is 12.7. The highest BCUT2D eigenvalue weighted by atomic mass is 16.2. The first-order chi connectivity index (χ1) is 10.2. The Morgan fingerprint density at radius 3 is 2.48 bits per heavy atom. The van der Waals surface area contributed by atoms with Gasteiger partial charge in [-0.2, -0.15) is 0 Å². The second-order valence-electron chi connectivity index (χ2n) is 5.29. The van der Waals surface area contributed by atoms with Crippen LogP contribution in [0.5, 0.6) is 0 Å². The zero-order chi connectivity index (χ0) is 15.1. The van der Waals surface area contributed by atoms with Gasteiger partial charge in [0.2, 0.25) is 5.91 Å². The first kappa shape index (κ1) is 15.2. The van der Waals surface area contributed by atoms with Crippen molar-refractivity contribution in [3.63, 3.8) is 0 Å². The lowest BCUT2D eigenvalue weighted by Crippen LogP contribution is -2.35. The lowest BCUT2D eigenvalue weighted by atomic mass is 10.0. The Hall–Kier alpha value is -2.16. The van der Waals surface area contributed by atoms with Gasteiger partial charge in [-0.15, -0.1) is 0 Å². The second kappa shape index (κ2) is 7.58. The Morgan fingerprint density at radius 1 is 1.14 bits per heavy atom. The third-order valence-electron chi connectivity index (χ3n) is 3.52. The summed E-state index contributed by atoms with van der Waals surface area (Å²) in [5.74, 6) is 0.870. The average Bonchev–Trinajstić information content (AvgIpc) is 2.54. The molecule has 0 saturated carbocycles. The van der Waals surface area contributed by atoms with E-state index in [1.54, 1.807) is 11.1 Å². The topological polar surface area (TPSA) is 33.2 Å². The van der Waals surface area contributed by atoms with Gasteiger partial charge in [-0.05, 0) is 24.1 Å². The number of hydrogen-bond donors (Lipinski definition) is 0. The normalized spacial score (nSPS) is 11.9. The van der Waals surface area contributed by atoms with Crippen LogP contribution in [0.1, 0.15) is 32.3 Å². The molecule has 0 saturated heterocycles. The van der Waals surface area contributed by atoms with Gasteiger partial charge in [-0.25, -0.2) is 4.98 Å².